The van der Waals surface area contributed by atoms with Crippen molar-refractivity contribution in [1.82, 2.24) is 0 Å². The second-order valence-corrected chi connectivity index (χ2v) is 6.20. The van der Waals surface area contributed by atoms with Crippen LogP contribution in [0.3, 0.4) is 0 Å². The van der Waals surface area contributed by atoms with Gasteiger partial charge in [0.1, 0.15) is 0 Å². The van der Waals surface area contributed by atoms with E-state index in [4.69, 9.17) is 0 Å². The van der Waals surface area contributed by atoms with Crippen molar-refractivity contribution < 1.29 is 9.90 Å². The zero-order chi connectivity index (χ0) is 11.8. The fourth-order valence-electron chi connectivity index (χ4n) is 1.95. The maximum atomic E-state index is 11.3. The topological polar surface area (TPSA) is 37.3 Å². The molecule has 1 aliphatic rings. The highest BCUT2D eigenvalue weighted by molar-refractivity contribution is 14.1. The molecule has 0 spiro atoms. The van der Waals surface area contributed by atoms with Crippen LogP contribution in [-0.4, -0.2) is 11.1 Å². The molecule has 1 saturated carbocycles. The van der Waals surface area contributed by atoms with Gasteiger partial charge in [0, 0.05) is 3.57 Å². The highest BCUT2D eigenvalue weighted by Crippen LogP contribution is 2.51. The Hall–Kier alpha value is -0.580. The van der Waals surface area contributed by atoms with E-state index in [9.17, 15) is 9.90 Å². The van der Waals surface area contributed by atoms with Crippen LogP contribution in [0.5, 0.6) is 0 Å². The largest absolute Gasteiger partial charge is 0.481 e. The Morgan fingerprint density at radius 2 is 2.00 bits per heavy atom. The Morgan fingerprint density at radius 1 is 1.44 bits per heavy atom. The van der Waals surface area contributed by atoms with Crippen LogP contribution in [0.15, 0.2) is 24.3 Å². The van der Waals surface area contributed by atoms with Gasteiger partial charge in [0.25, 0.3) is 0 Å². The summed E-state index contributed by atoms with van der Waals surface area (Å²) in [6.07, 6.45) is 3.10. The predicted molar refractivity (Wildman–Crippen MR) is 71.5 cm³/mol. The Balaban J connectivity index is 2.18. The van der Waals surface area contributed by atoms with Gasteiger partial charge in [-0.25, -0.2) is 0 Å². The minimum absolute atomic E-state index is 0.270. The van der Waals surface area contributed by atoms with Crippen LogP contribution in [0, 0.1) is 8.99 Å². The van der Waals surface area contributed by atoms with Gasteiger partial charge in [-0.1, -0.05) is 19.1 Å². The molecule has 0 saturated heterocycles. The number of aliphatic carboxylic acids is 1. The maximum Gasteiger partial charge on any atom is 0.310 e. The van der Waals surface area contributed by atoms with Crippen LogP contribution in [-0.2, 0) is 4.79 Å². The number of carboxylic acid groups (broad SMARTS) is 1. The Bertz CT molecular complexity index is 393. The lowest BCUT2D eigenvalue weighted by molar-refractivity contribution is -0.139. The molecule has 0 aromatic heterocycles. The molecule has 1 aromatic rings. The fraction of sp³-hybridized carbons (Fsp3) is 0.462. The quantitative estimate of drug-likeness (QED) is 0.856. The van der Waals surface area contributed by atoms with Crippen LogP contribution in [0.25, 0.3) is 0 Å². The van der Waals surface area contributed by atoms with E-state index in [0.717, 1.165) is 15.6 Å². The van der Waals surface area contributed by atoms with Gasteiger partial charge in [0.15, 0.2) is 0 Å². The van der Waals surface area contributed by atoms with Crippen molar-refractivity contribution >= 4 is 28.6 Å². The van der Waals surface area contributed by atoms with Crippen molar-refractivity contribution in [3.05, 3.63) is 33.4 Å². The SMILES string of the molecule is CC1(CC(C(=O)O)c2ccc(I)cc2)CC1. The van der Waals surface area contributed by atoms with Gasteiger partial charge in [-0.15, -0.1) is 0 Å². The van der Waals surface area contributed by atoms with E-state index in [2.05, 4.69) is 29.5 Å². The summed E-state index contributed by atoms with van der Waals surface area (Å²) in [5.41, 5.74) is 1.20. The summed E-state index contributed by atoms with van der Waals surface area (Å²) in [5.74, 6) is -1.04. The highest BCUT2D eigenvalue weighted by Gasteiger charge is 2.41. The molecular formula is C13H15IO2. The van der Waals surface area contributed by atoms with Gasteiger partial charge in [-0.3, -0.25) is 4.79 Å². The molecule has 0 amide bonds. The van der Waals surface area contributed by atoms with Crippen LogP contribution in [0.1, 0.15) is 37.7 Å². The molecule has 0 bridgehead atoms. The van der Waals surface area contributed by atoms with E-state index in [1.165, 1.54) is 12.8 Å². The van der Waals surface area contributed by atoms with E-state index in [-0.39, 0.29) is 11.3 Å². The molecule has 0 radical (unpaired) electrons. The van der Waals surface area contributed by atoms with Gasteiger partial charge >= 0.3 is 5.97 Å². The summed E-state index contributed by atoms with van der Waals surface area (Å²) in [6, 6.07) is 7.82. The Morgan fingerprint density at radius 3 is 2.44 bits per heavy atom. The molecule has 16 heavy (non-hydrogen) atoms. The number of hydrogen-bond acceptors (Lipinski definition) is 1. The highest BCUT2D eigenvalue weighted by atomic mass is 127. The second kappa shape index (κ2) is 4.35. The lowest BCUT2D eigenvalue weighted by atomic mass is 9.88. The Labute approximate surface area is 109 Å². The first-order chi connectivity index (χ1) is 7.50. The molecule has 0 aliphatic heterocycles. The summed E-state index contributed by atoms with van der Waals surface area (Å²) in [7, 11) is 0. The van der Waals surface area contributed by atoms with Crippen molar-refractivity contribution in [1.29, 1.82) is 0 Å². The normalized spacial score (nSPS) is 19.1. The molecule has 1 aromatic carbocycles. The minimum atomic E-state index is -0.700. The van der Waals surface area contributed by atoms with Crippen molar-refractivity contribution in [2.45, 2.75) is 32.1 Å². The number of carboxylic acids is 1. The molecule has 2 rings (SSSR count). The number of carbonyl (C=O) groups is 1. The van der Waals surface area contributed by atoms with Gasteiger partial charge < -0.3 is 5.11 Å². The molecule has 1 aliphatic carbocycles. The summed E-state index contributed by atoms with van der Waals surface area (Å²) in [4.78, 5) is 11.3. The molecule has 1 N–H and O–H groups in total. The van der Waals surface area contributed by atoms with Crippen molar-refractivity contribution in [3.8, 4) is 0 Å². The monoisotopic (exact) mass is 330 g/mol. The predicted octanol–water partition coefficient (Wildman–Crippen LogP) is 3.65. The van der Waals surface area contributed by atoms with Gasteiger partial charge in [-0.2, -0.15) is 0 Å². The van der Waals surface area contributed by atoms with E-state index in [1.54, 1.807) is 0 Å². The molecule has 3 heteroatoms. The third kappa shape index (κ3) is 2.75. The molecule has 2 nitrogen and oxygen atoms in total. The average molecular weight is 330 g/mol. The maximum absolute atomic E-state index is 11.3. The molecule has 0 heterocycles. The Kier molecular flexibility index (Phi) is 3.24. The van der Waals surface area contributed by atoms with Gasteiger partial charge in [0.2, 0.25) is 0 Å². The average Bonchev–Trinajstić information content (AvgIpc) is 2.95. The van der Waals surface area contributed by atoms with Crippen molar-refractivity contribution in [2.24, 2.45) is 5.41 Å². The van der Waals surface area contributed by atoms with Crippen LogP contribution < -0.4 is 0 Å². The lowest BCUT2D eigenvalue weighted by Gasteiger charge is -2.17. The van der Waals surface area contributed by atoms with Crippen LogP contribution in [0.2, 0.25) is 0 Å². The molecule has 86 valence electrons. The van der Waals surface area contributed by atoms with Crippen LogP contribution >= 0.6 is 22.6 Å². The van der Waals surface area contributed by atoms with E-state index >= 15 is 0 Å². The van der Waals surface area contributed by atoms with Crippen molar-refractivity contribution in [3.63, 3.8) is 0 Å². The zero-order valence-corrected chi connectivity index (χ0v) is 11.4. The van der Waals surface area contributed by atoms with E-state index in [0.29, 0.717) is 0 Å². The number of rotatable bonds is 4. The van der Waals surface area contributed by atoms with Gasteiger partial charge in [-0.05, 0) is 65.0 Å². The van der Waals surface area contributed by atoms with E-state index in [1.807, 2.05) is 24.3 Å². The smallest absolute Gasteiger partial charge is 0.310 e. The number of halogens is 1. The van der Waals surface area contributed by atoms with Crippen molar-refractivity contribution in [2.75, 3.05) is 0 Å². The van der Waals surface area contributed by atoms with E-state index < -0.39 is 5.97 Å². The molecular weight excluding hydrogens is 315 g/mol. The summed E-state index contributed by atoms with van der Waals surface area (Å²) in [5, 5.41) is 9.29. The first-order valence-electron chi connectivity index (χ1n) is 5.48. The summed E-state index contributed by atoms with van der Waals surface area (Å²) >= 11 is 2.23. The second-order valence-electron chi connectivity index (χ2n) is 4.96. The minimum Gasteiger partial charge on any atom is -0.481 e. The third-order valence-corrected chi connectivity index (χ3v) is 4.09. The summed E-state index contributed by atoms with van der Waals surface area (Å²) < 4.78 is 1.14. The lowest BCUT2D eigenvalue weighted by Crippen LogP contribution is -2.15. The summed E-state index contributed by atoms with van der Waals surface area (Å²) in [6.45, 7) is 2.18. The first kappa shape index (κ1) is 11.9. The molecule has 1 unspecified atom stereocenters. The van der Waals surface area contributed by atoms with Gasteiger partial charge in [0.05, 0.1) is 5.92 Å². The molecule has 1 fully saturated rings. The first-order valence-corrected chi connectivity index (χ1v) is 6.56. The number of benzene rings is 1. The number of hydrogen-bond donors (Lipinski definition) is 1. The van der Waals surface area contributed by atoms with Crippen LogP contribution in [0.4, 0.5) is 0 Å². The standard InChI is InChI=1S/C13H15IO2/c1-13(6-7-13)8-11(12(15)16)9-2-4-10(14)5-3-9/h2-5,11H,6-8H2,1H3,(H,15,16). The molecule has 1 atom stereocenters. The zero-order valence-electron chi connectivity index (χ0n) is 9.24. The third-order valence-electron chi connectivity index (χ3n) is 3.37. The fourth-order valence-corrected chi connectivity index (χ4v) is 2.31.